The van der Waals surface area contributed by atoms with Gasteiger partial charge in [-0.05, 0) is 26.1 Å². The van der Waals surface area contributed by atoms with Gasteiger partial charge in [0.25, 0.3) is 0 Å². The third-order valence-electron chi connectivity index (χ3n) is 1.46. The first-order valence-corrected chi connectivity index (χ1v) is 3.72. The number of hydrogen-bond donors (Lipinski definition) is 1. The molecule has 60 valence electrons. The Balaban J connectivity index is 2.51. The molecule has 0 radical (unpaired) electrons. The number of benzene rings is 1. The van der Waals surface area contributed by atoms with Gasteiger partial charge in [0.2, 0.25) is 0 Å². The number of rotatable bonds is 3. The van der Waals surface area contributed by atoms with Crippen molar-refractivity contribution in [3.8, 4) is 5.75 Å². The number of para-hydroxylation sites is 1. The van der Waals surface area contributed by atoms with Gasteiger partial charge in [-0.3, -0.25) is 5.32 Å². The van der Waals surface area contributed by atoms with Crippen LogP contribution in [0.2, 0.25) is 0 Å². The molecule has 0 saturated carbocycles. The largest absolute Gasteiger partial charge is 0.476 e. The molecule has 1 unspecified atom stereocenters. The fourth-order valence-corrected chi connectivity index (χ4v) is 0.762. The van der Waals surface area contributed by atoms with Crippen molar-refractivity contribution < 1.29 is 4.74 Å². The Morgan fingerprint density at radius 2 is 1.91 bits per heavy atom. The molecule has 0 aromatic heterocycles. The zero-order valence-corrected chi connectivity index (χ0v) is 6.87. The molecule has 0 aliphatic carbocycles. The summed E-state index contributed by atoms with van der Waals surface area (Å²) in [6.45, 7) is 1.97. The lowest BCUT2D eigenvalue weighted by atomic mass is 10.3. The topological polar surface area (TPSA) is 21.3 Å². The Kier molecular flexibility index (Phi) is 2.93. The lowest BCUT2D eigenvalue weighted by Crippen LogP contribution is -2.27. The molecule has 1 N–H and O–H groups in total. The smallest absolute Gasteiger partial charge is 0.147 e. The van der Waals surface area contributed by atoms with Gasteiger partial charge in [0.15, 0.2) is 0 Å². The van der Waals surface area contributed by atoms with E-state index in [2.05, 4.69) is 5.32 Å². The minimum atomic E-state index is 0.0670. The standard InChI is InChI=1S/C9H13NO/c1-8(10-2)11-9-6-4-3-5-7-9/h3-8,10H,1-2H3. The number of hydrogen-bond acceptors (Lipinski definition) is 2. The van der Waals surface area contributed by atoms with Gasteiger partial charge < -0.3 is 4.74 Å². The van der Waals surface area contributed by atoms with Gasteiger partial charge in [0.05, 0.1) is 0 Å². The van der Waals surface area contributed by atoms with E-state index in [1.54, 1.807) is 0 Å². The lowest BCUT2D eigenvalue weighted by molar-refractivity contribution is 0.194. The van der Waals surface area contributed by atoms with Crippen molar-refractivity contribution in [2.45, 2.75) is 13.2 Å². The average Bonchev–Trinajstić information content (AvgIpc) is 2.06. The first-order chi connectivity index (χ1) is 5.33. The zero-order chi connectivity index (χ0) is 8.10. The fourth-order valence-electron chi connectivity index (χ4n) is 0.762. The maximum absolute atomic E-state index is 5.45. The van der Waals surface area contributed by atoms with Crippen molar-refractivity contribution in [2.24, 2.45) is 0 Å². The van der Waals surface area contributed by atoms with E-state index in [9.17, 15) is 0 Å². The van der Waals surface area contributed by atoms with E-state index in [-0.39, 0.29) is 6.23 Å². The van der Waals surface area contributed by atoms with Crippen LogP contribution < -0.4 is 10.1 Å². The normalized spacial score (nSPS) is 12.5. The average molecular weight is 151 g/mol. The fraction of sp³-hybridized carbons (Fsp3) is 0.333. The Morgan fingerprint density at radius 3 is 2.45 bits per heavy atom. The van der Waals surface area contributed by atoms with Gasteiger partial charge in [-0.15, -0.1) is 0 Å². The Morgan fingerprint density at radius 1 is 1.27 bits per heavy atom. The maximum Gasteiger partial charge on any atom is 0.147 e. The second-order valence-corrected chi connectivity index (χ2v) is 2.36. The van der Waals surface area contributed by atoms with Crippen LogP contribution in [0.5, 0.6) is 5.75 Å². The molecule has 0 amide bonds. The van der Waals surface area contributed by atoms with Crippen LogP contribution in [0.4, 0.5) is 0 Å². The highest BCUT2D eigenvalue weighted by molar-refractivity contribution is 5.21. The van der Waals surface area contributed by atoms with Crippen LogP contribution in [-0.4, -0.2) is 13.3 Å². The molecule has 0 spiro atoms. The summed E-state index contributed by atoms with van der Waals surface area (Å²) in [5.41, 5.74) is 0. The monoisotopic (exact) mass is 151 g/mol. The highest BCUT2D eigenvalue weighted by Crippen LogP contribution is 2.09. The zero-order valence-electron chi connectivity index (χ0n) is 6.87. The molecule has 1 atom stereocenters. The van der Waals surface area contributed by atoms with Crippen LogP contribution >= 0.6 is 0 Å². The Bertz CT molecular complexity index is 198. The van der Waals surface area contributed by atoms with Crippen LogP contribution in [0.15, 0.2) is 30.3 Å². The lowest BCUT2D eigenvalue weighted by Gasteiger charge is -2.12. The van der Waals surface area contributed by atoms with Crippen LogP contribution in [-0.2, 0) is 0 Å². The van der Waals surface area contributed by atoms with E-state index < -0.39 is 0 Å². The van der Waals surface area contributed by atoms with Crippen molar-refractivity contribution in [1.29, 1.82) is 0 Å². The van der Waals surface area contributed by atoms with Crippen molar-refractivity contribution in [2.75, 3.05) is 7.05 Å². The molecule has 0 bridgehead atoms. The summed E-state index contributed by atoms with van der Waals surface area (Å²) >= 11 is 0. The maximum atomic E-state index is 5.45. The van der Waals surface area contributed by atoms with Gasteiger partial charge in [0.1, 0.15) is 12.0 Å². The van der Waals surface area contributed by atoms with Crippen LogP contribution in [0.1, 0.15) is 6.92 Å². The van der Waals surface area contributed by atoms with Gasteiger partial charge in [-0.1, -0.05) is 18.2 Å². The summed E-state index contributed by atoms with van der Waals surface area (Å²) in [4.78, 5) is 0. The first kappa shape index (κ1) is 8.08. The van der Waals surface area contributed by atoms with Crippen LogP contribution in [0, 0.1) is 0 Å². The second kappa shape index (κ2) is 3.98. The minimum absolute atomic E-state index is 0.0670. The third-order valence-corrected chi connectivity index (χ3v) is 1.46. The molecule has 0 aliphatic heterocycles. The molecule has 2 heteroatoms. The SMILES string of the molecule is CNC(C)Oc1ccccc1. The van der Waals surface area contributed by atoms with Crippen LogP contribution in [0.25, 0.3) is 0 Å². The summed E-state index contributed by atoms with van der Waals surface area (Å²) < 4.78 is 5.45. The molecule has 1 aromatic rings. The van der Waals surface area contributed by atoms with Crippen molar-refractivity contribution in [1.82, 2.24) is 5.32 Å². The second-order valence-electron chi connectivity index (χ2n) is 2.36. The molecular weight excluding hydrogens is 138 g/mol. The van der Waals surface area contributed by atoms with Crippen LogP contribution in [0.3, 0.4) is 0 Å². The van der Waals surface area contributed by atoms with Gasteiger partial charge in [-0.2, -0.15) is 0 Å². The molecule has 0 heterocycles. The summed E-state index contributed by atoms with van der Waals surface area (Å²) in [7, 11) is 1.87. The minimum Gasteiger partial charge on any atom is -0.476 e. The molecule has 1 rings (SSSR count). The van der Waals surface area contributed by atoms with E-state index in [0.29, 0.717) is 0 Å². The molecule has 0 saturated heterocycles. The highest BCUT2D eigenvalue weighted by atomic mass is 16.5. The third kappa shape index (κ3) is 2.60. The van der Waals surface area contributed by atoms with Crippen molar-refractivity contribution >= 4 is 0 Å². The van der Waals surface area contributed by atoms with E-state index >= 15 is 0 Å². The molecule has 0 fully saturated rings. The summed E-state index contributed by atoms with van der Waals surface area (Å²) in [6.07, 6.45) is 0.0670. The molecule has 11 heavy (non-hydrogen) atoms. The van der Waals surface area contributed by atoms with Gasteiger partial charge in [0, 0.05) is 0 Å². The quantitative estimate of drug-likeness (QED) is 0.663. The number of ether oxygens (including phenoxy) is 1. The molecule has 1 aromatic carbocycles. The van der Waals surface area contributed by atoms with Gasteiger partial charge in [-0.25, -0.2) is 0 Å². The highest BCUT2D eigenvalue weighted by Gasteiger charge is 1.96. The summed E-state index contributed by atoms with van der Waals surface area (Å²) in [5, 5.41) is 2.99. The van der Waals surface area contributed by atoms with E-state index in [0.717, 1.165) is 5.75 Å². The number of nitrogens with one attached hydrogen (secondary N) is 1. The summed E-state index contributed by atoms with van der Waals surface area (Å²) in [6, 6.07) is 9.76. The molecule has 0 aliphatic rings. The van der Waals surface area contributed by atoms with E-state index in [1.807, 2.05) is 44.3 Å². The van der Waals surface area contributed by atoms with Crippen molar-refractivity contribution in [3.63, 3.8) is 0 Å². The Labute approximate surface area is 67.2 Å². The van der Waals surface area contributed by atoms with E-state index in [4.69, 9.17) is 4.74 Å². The van der Waals surface area contributed by atoms with E-state index in [1.165, 1.54) is 0 Å². The van der Waals surface area contributed by atoms with Crippen molar-refractivity contribution in [3.05, 3.63) is 30.3 Å². The Hall–Kier alpha value is -1.02. The predicted octanol–water partition coefficient (Wildman–Crippen LogP) is 1.63. The van der Waals surface area contributed by atoms with Gasteiger partial charge >= 0.3 is 0 Å². The first-order valence-electron chi connectivity index (χ1n) is 3.72. The molecule has 2 nitrogen and oxygen atoms in total. The predicted molar refractivity (Wildman–Crippen MR) is 45.6 cm³/mol. The summed E-state index contributed by atoms with van der Waals surface area (Å²) in [5.74, 6) is 0.898. The molecular formula is C9H13NO.